The van der Waals surface area contributed by atoms with Crippen LogP contribution in [0.15, 0.2) is 36.7 Å². The second-order valence-corrected chi connectivity index (χ2v) is 4.29. The summed E-state index contributed by atoms with van der Waals surface area (Å²) in [4.78, 5) is 15.2. The molecule has 0 spiro atoms. The number of hydrogen-bond acceptors (Lipinski definition) is 5. The zero-order chi connectivity index (χ0) is 13.9. The van der Waals surface area contributed by atoms with Gasteiger partial charge in [-0.3, -0.25) is 9.78 Å². The summed E-state index contributed by atoms with van der Waals surface area (Å²) in [7, 11) is 0. The molecular weight excluding hydrogens is 258 g/mol. The topological polar surface area (TPSA) is 86.5 Å². The quantitative estimate of drug-likeness (QED) is 0.880. The second kappa shape index (κ2) is 5.08. The summed E-state index contributed by atoms with van der Waals surface area (Å²) in [6, 6.07) is 7.39. The fourth-order valence-corrected chi connectivity index (χ4v) is 2.07. The highest BCUT2D eigenvalue weighted by Gasteiger charge is 2.17. The molecule has 1 aromatic carbocycles. The first kappa shape index (κ1) is 12.3. The van der Waals surface area contributed by atoms with Crippen molar-refractivity contribution in [1.29, 1.82) is 0 Å². The second-order valence-electron chi connectivity index (χ2n) is 4.29. The third-order valence-corrected chi connectivity index (χ3v) is 3.03. The van der Waals surface area contributed by atoms with Crippen molar-refractivity contribution in [3.63, 3.8) is 0 Å². The van der Waals surface area contributed by atoms with Crippen LogP contribution in [0, 0.1) is 0 Å². The number of para-hydroxylation sites is 1. The summed E-state index contributed by atoms with van der Waals surface area (Å²) in [5, 5.41) is 3.16. The number of carbonyl (C=O) groups is 1. The molecule has 1 aliphatic rings. The van der Waals surface area contributed by atoms with Crippen LogP contribution in [0.3, 0.4) is 0 Å². The minimum Gasteiger partial charge on any atom is -0.454 e. The number of nitrogens with two attached hydrogens (primary N) is 1. The molecule has 0 unspecified atom stereocenters. The Balaban J connectivity index is 1.81. The molecule has 6 heteroatoms. The van der Waals surface area contributed by atoms with E-state index < -0.39 is 5.91 Å². The highest BCUT2D eigenvalue weighted by atomic mass is 16.7. The Morgan fingerprint density at radius 3 is 3.10 bits per heavy atom. The van der Waals surface area contributed by atoms with Crippen molar-refractivity contribution in [1.82, 2.24) is 4.98 Å². The number of rotatable bonds is 4. The summed E-state index contributed by atoms with van der Waals surface area (Å²) in [5.41, 5.74) is 7.26. The third-order valence-electron chi connectivity index (χ3n) is 3.03. The van der Waals surface area contributed by atoms with Crippen molar-refractivity contribution >= 4 is 11.6 Å². The van der Waals surface area contributed by atoms with Gasteiger partial charge in [-0.05, 0) is 12.1 Å². The van der Waals surface area contributed by atoms with E-state index in [-0.39, 0.29) is 6.79 Å². The van der Waals surface area contributed by atoms with Gasteiger partial charge in [-0.1, -0.05) is 12.1 Å². The molecule has 0 fully saturated rings. The Morgan fingerprint density at radius 1 is 1.35 bits per heavy atom. The van der Waals surface area contributed by atoms with Crippen LogP contribution in [-0.2, 0) is 6.54 Å². The van der Waals surface area contributed by atoms with E-state index in [9.17, 15) is 4.79 Å². The fourth-order valence-electron chi connectivity index (χ4n) is 2.07. The van der Waals surface area contributed by atoms with Crippen LogP contribution in [-0.4, -0.2) is 17.7 Å². The van der Waals surface area contributed by atoms with Gasteiger partial charge in [0.1, 0.15) is 0 Å². The van der Waals surface area contributed by atoms with Gasteiger partial charge in [0.2, 0.25) is 6.79 Å². The van der Waals surface area contributed by atoms with Crippen LogP contribution >= 0.6 is 0 Å². The van der Waals surface area contributed by atoms with Crippen LogP contribution in [0.25, 0.3) is 0 Å². The highest BCUT2D eigenvalue weighted by Crippen LogP contribution is 2.35. The minimum atomic E-state index is -0.515. The van der Waals surface area contributed by atoms with Crippen LogP contribution in [0.2, 0.25) is 0 Å². The van der Waals surface area contributed by atoms with Crippen LogP contribution < -0.4 is 20.5 Å². The number of primary amides is 1. The van der Waals surface area contributed by atoms with Gasteiger partial charge in [0.25, 0.3) is 5.91 Å². The third kappa shape index (κ3) is 2.23. The molecule has 6 nitrogen and oxygen atoms in total. The van der Waals surface area contributed by atoms with Gasteiger partial charge in [-0.15, -0.1) is 0 Å². The minimum absolute atomic E-state index is 0.230. The van der Waals surface area contributed by atoms with Crippen LogP contribution in [0.4, 0.5) is 5.69 Å². The summed E-state index contributed by atoms with van der Waals surface area (Å²) in [6.45, 7) is 0.727. The van der Waals surface area contributed by atoms with Gasteiger partial charge in [-0.25, -0.2) is 0 Å². The maximum Gasteiger partial charge on any atom is 0.252 e. The number of amides is 1. The smallest absolute Gasteiger partial charge is 0.252 e. The number of nitrogens with zero attached hydrogens (tertiary/aromatic N) is 1. The molecular formula is C14H13N3O3. The number of aromatic nitrogens is 1. The summed E-state index contributed by atoms with van der Waals surface area (Å²) < 4.78 is 10.7. The zero-order valence-electron chi connectivity index (χ0n) is 10.6. The zero-order valence-corrected chi connectivity index (χ0v) is 10.6. The van der Waals surface area contributed by atoms with E-state index in [4.69, 9.17) is 15.2 Å². The van der Waals surface area contributed by atoms with Gasteiger partial charge >= 0.3 is 0 Å². The molecule has 0 saturated carbocycles. The maximum atomic E-state index is 11.3. The van der Waals surface area contributed by atoms with E-state index in [1.807, 2.05) is 18.2 Å². The van der Waals surface area contributed by atoms with Gasteiger partial charge in [0, 0.05) is 24.5 Å². The SMILES string of the molecule is NC(=O)c1cnccc1NCc1cccc2c1OCO2. The molecule has 2 aromatic rings. The lowest BCUT2D eigenvalue weighted by atomic mass is 10.1. The van der Waals surface area contributed by atoms with E-state index in [0.29, 0.717) is 17.8 Å². The van der Waals surface area contributed by atoms with E-state index in [2.05, 4.69) is 10.3 Å². The largest absolute Gasteiger partial charge is 0.454 e. The molecule has 0 bridgehead atoms. The Morgan fingerprint density at radius 2 is 2.25 bits per heavy atom. The molecule has 0 aliphatic carbocycles. The number of hydrogen-bond donors (Lipinski definition) is 2. The number of carbonyl (C=O) groups excluding carboxylic acids is 1. The van der Waals surface area contributed by atoms with E-state index in [1.54, 1.807) is 12.3 Å². The Labute approximate surface area is 115 Å². The average molecular weight is 271 g/mol. The molecule has 3 rings (SSSR count). The Kier molecular flexibility index (Phi) is 3.12. The molecule has 102 valence electrons. The molecule has 0 atom stereocenters. The van der Waals surface area contributed by atoms with Crippen molar-refractivity contribution in [3.05, 3.63) is 47.8 Å². The van der Waals surface area contributed by atoms with Crippen LogP contribution in [0.1, 0.15) is 15.9 Å². The number of fused-ring (bicyclic) bond motifs is 1. The first-order chi connectivity index (χ1) is 9.75. The number of anilines is 1. The molecule has 1 aliphatic heterocycles. The molecule has 1 amide bonds. The standard InChI is InChI=1S/C14H13N3O3/c15-14(18)10-7-16-5-4-11(10)17-6-9-2-1-3-12-13(9)20-8-19-12/h1-5,7H,6,8H2,(H2,15,18)(H,16,17). The predicted molar refractivity (Wildman–Crippen MR) is 72.6 cm³/mol. The van der Waals surface area contributed by atoms with Gasteiger partial charge in [0.05, 0.1) is 11.3 Å². The molecule has 0 radical (unpaired) electrons. The van der Waals surface area contributed by atoms with Crippen molar-refractivity contribution in [2.45, 2.75) is 6.54 Å². The summed E-state index contributed by atoms with van der Waals surface area (Å²) in [5.74, 6) is 0.947. The van der Waals surface area contributed by atoms with E-state index in [0.717, 1.165) is 17.1 Å². The number of pyridine rings is 1. The first-order valence-electron chi connectivity index (χ1n) is 6.11. The molecule has 3 N–H and O–H groups in total. The number of ether oxygens (including phenoxy) is 2. The lowest BCUT2D eigenvalue weighted by Crippen LogP contribution is -2.14. The lowest BCUT2D eigenvalue weighted by Gasteiger charge is -2.11. The maximum absolute atomic E-state index is 11.3. The fraction of sp³-hybridized carbons (Fsp3) is 0.143. The predicted octanol–water partition coefficient (Wildman–Crippen LogP) is 1.52. The summed E-state index contributed by atoms with van der Waals surface area (Å²) in [6.07, 6.45) is 3.05. The average Bonchev–Trinajstić information content (AvgIpc) is 2.94. The first-order valence-corrected chi connectivity index (χ1v) is 6.11. The van der Waals surface area contributed by atoms with Crippen molar-refractivity contribution in [2.24, 2.45) is 5.73 Å². The van der Waals surface area contributed by atoms with Gasteiger partial charge in [-0.2, -0.15) is 0 Å². The van der Waals surface area contributed by atoms with Crippen LogP contribution in [0.5, 0.6) is 11.5 Å². The molecule has 20 heavy (non-hydrogen) atoms. The van der Waals surface area contributed by atoms with Crippen molar-refractivity contribution in [3.8, 4) is 11.5 Å². The monoisotopic (exact) mass is 271 g/mol. The van der Waals surface area contributed by atoms with Gasteiger partial charge in [0.15, 0.2) is 11.5 Å². The van der Waals surface area contributed by atoms with E-state index in [1.165, 1.54) is 6.20 Å². The van der Waals surface area contributed by atoms with Gasteiger partial charge < -0.3 is 20.5 Å². The Hall–Kier alpha value is -2.76. The highest BCUT2D eigenvalue weighted by molar-refractivity contribution is 5.98. The molecule has 0 saturated heterocycles. The van der Waals surface area contributed by atoms with E-state index >= 15 is 0 Å². The van der Waals surface area contributed by atoms with Crippen molar-refractivity contribution in [2.75, 3.05) is 12.1 Å². The number of nitrogens with one attached hydrogen (secondary N) is 1. The number of benzene rings is 1. The Bertz CT molecular complexity index is 658. The molecule has 2 heterocycles. The van der Waals surface area contributed by atoms with Crippen molar-refractivity contribution < 1.29 is 14.3 Å². The summed E-state index contributed by atoms with van der Waals surface area (Å²) >= 11 is 0. The molecule has 1 aromatic heterocycles. The normalized spacial score (nSPS) is 12.2. The lowest BCUT2D eigenvalue weighted by molar-refractivity contribution is 0.100.